The molecule has 182 valence electrons. The molecule has 8 heteroatoms. The maximum absolute atomic E-state index is 13.6. The van der Waals surface area contributed by atoms with Crippen LogP contribution in [0.2, 0.25) is 0 Å². The number of amides is 3. The molecule has 35 heavy (non-hydrogen) atoms. The molecule has 3 amide bonds. The van der Waals surface area contributed by atoms with Crippen LogP contribution in [0.4, 0.5) is 5.69 Å². The van der Waals surface area contributed by atoms with Crippen molar-refractivity contribution >= 4 is 23.4 Å². The third kappa shape index (κ3) is 5.95. The van der Waals surface area contributed by atoms with Crippen LogP contribution in [0.15, 0.2) is 71.6 Å². The second kappa shape index (κ2) is 11.5. The van der Waals surface area contributed by atoms with Gasteiger partial charge in [0.25, 0.3) is 5.91 Å². The molecule has 2 heterocycles. The molecule has 1 aliphatic carbocycles. The van der Waals surface area contributed by atoms with E-state index < -0.39 is 17.9 Å². The van der Waals surface area contributed by atoms with Gasteiger partial charge in [0.05, 0.1) is 12.8 Å². The molecule has 3 aromatic rings. The monoisotopic (exact) mass is 474 g/mol. The number of benzene rings is 1. The number of aryl methyl sites for hydroxylation is 1. The minimum atomic E-state index is -0.918. The zero-order chi connectivity index (χ0) is 24.6. The lowest BCUT2D eigenvalue weighted by atomic mass is 10.0. The summed E-state index contributed by atoms with van der Waals surface area (Å²) in [5.41, 5.74) is 2.33. The van der Waals surface area contributed by atoms with Crippen molar-refractivity contribution in [1.29, 1.82) is 0 Å². The van der Waals surface area contributed by atoms with Crippen LogP contribution < -0.4 is 15.5 Å². The number of anilines is 1. The van der Waals surface area contributed by atoms with Crippen molar-refractivity contribution in [3.8, 4) is 0 Å². The van der Waals surface area contributed by atoms with Gasteiger partial charge in [-0.1, -0.05) is 31.9 Å². The molecule has 0 spiro atoms. The van der Waals surface area contributed by atoms with E-state index in [4.69, 9.17) is 4.42 Å². The van der Waals surface area contributed by atoms with E-state index >= 15 is 0 Å². The van der Waals surface area contributed by atoms with E-state index in [9.17, 15) is 14.4 Å². The molecule has 0 unspecified atom stereocenters. The number of nitrogens with zero attached hydrogens (tertiary/aromatic N) is 2. The first-order valence-electron chi connectivity index (χ1n) is 12.0. The van der Waals surface area contributed by atoms with Gasteiger partial charge in [0.1, 0.15) is 6.04 Å². The zero-order valence-electron chi connectivity index (χ0n) is 19.8. The van der Waals surface area contributed by atoms with E-state index in [1.807, 2.05) is 24.3 Å². The highest BCUT2D eigenvalue weighted by molar-refractivity contribution is 6.04. The lowest BCUT2D eigenvalue weighted by molar-refractivity contribution is -0.126. The van der Waals surface area contributed by atoms with Crippen LogP contribution in [0.5, 0.6) is 0 Å². The molecule has 2 N–H and O–H groups in total. The number of hydrogen-bond acceptors (Lipinski definition) is 5. The van der Waals surface area contributed by atoms with Crippen LogP contribution in [0.1, 0.15) is 60.3 Å². The number of hydrogen-bond donors (Lipinski definition) is 2. The molecule has 0 saturated heterocycles. The lowest BCUT2D eigenvalue weighted by Crippen LogP contribution is -2.49. The summed E-state index contributed by atoms with van der Waals surface area (Å²) >= 11 is 0. The Morgan fingerprint density at radius 1 is 1.06 bits per heavy atom. The van der Waals surface area contributed by atoms with Gasteiger partial charge in [-0.25, -0.2) is 0 Å². The van der Waals surface area contributed by atoms with Gasteiger partial charge in [0.15, 0.2) is 5.76 Å². The maximum atomic E-state index is 13.6. The number of nitrogens with one attached hydrogen (secondary N) is 2. The largest absolute Gasteiger partial charge is 0.459 e. The van der Waals surface area contributed by atoms with Crippen LogP contribution in [0.25, 0.3) is 0 Å². The van der Waals surface area contributed by atoms with Gasteiger partial charge in [-0.05, 0) is 66.8 Å². The zero-order valence-corrected chi connectivity index (χ0v) is 19.8. The Morgan fingerprint density at radius 3 is 2.40 bits per heavy atom. The molecule has 1 fully saturated rings. The fraction of sp³-hybridized carbons (Fsp3) is 0.333. The quantitative estimate of drug-likeness (QED) is 0.491. The predicted octanol–water partition coefficient (Wildman–Crippen LogP) is 3.80. The Morgan fingerprint density at radius 2 is 1.77 bits per heavy atom. The molecule has 4 rings (SSSR count). The number of carbonyl (C=O) groups is 3. The molecule has 2 aromatic heterocycles. The van der Waals surface area contributed by atoms with Gasteiger partial charge in [0.2, 0.25) is 11.8 Å². The van der Waals surface area contributed by atoms with Crippen LogP contribution in [0, 0.1) is 0 Å². The second-order valence-electron chi connectivity index (χ2n) is 8.62. The van der Waals surface area contributed by atoms with Crippen molar-refractivity contribution in [2.45, 2.75) is 51.1 Å². The molecular weight excluding hydrogens is 444 g/mol. The summed E-state index contributed by atoms with van der Waals surface area (Å²) in [6.07, 6.45) is 9.45. The number of furan rings is 1. The average molecular weight is 475 g/mol. The van der Waals surface area contributed by atoms with Crippen LogP contribution in [-0.4, -0.2) is 35.3 Å². The number of pyridine rings is 1. The predicted molar refractivity (Wildman–Crippen MR) is 132 cm³/mol. The van der Waals surface area contributed by atoms with E-state index in [1.54, 1.807) is 30.6 Å². The van der Waals surface area contributed by atoms with Crippen molar-refractivity contribution < 1.29 is 18.8 Å². The van der Waals surface area contributed by atoms with Gasteiger partial charge in [-0.3, -0.25) is 24.3 Å². The van der Waals surface area contributed by atoms with E-state index in [0.717, 1.165) is 37.7 Å². The molecule has 1 saturated carbocycles. The fourth-order valence-electron chi connectivity index (χ4n) is 4.38. The Kier molecular flexibility index (Phi) is 7.92. The Bertz CT molecular complexity index is 1120. The normalized spacial score (nSPS) is 14.3. The standard InChI is InChI=1S/C27H30N4O4/c1-2-19-9-11-22(12-10-19)31(24(32)18-29-26(33)23-8-5-17-35-23)25(20-13-15-28-16-14-20)27(34)30-21-6-3-4-7-21/h5,8-17,21,25H,2-4,6-7,18H2,1H3,(H,29,33)(H,30,34)/t25-/m1/s1. The van der Waals surface area contributed by atoms with Crippen molar-refractivity contribution in [3.63, 3.8) is 0 Å². The fourth-order valence-corrected chi connectivity index (χ4v) is 4.38. The summed E-state index contributed by atoms with van der Waals surface area (Å²) < 4.78 is 5.12. The van der Waals surface area contributed by atoms with Gasteiger partial charge in [-0.2, -0.15) is 0 Å². The van der Waals surface area contributed by atoms with E-state index in [-0.39, 0.29) is 24.3 Å². The molecule has 1 aromatic carbocycles. The second-order valence-corrected chi connectivity index (χ2v) is 8.62. The van der Waals surface area contributed by atoms with Gasteiger partial charge in [0, 0.05) is 24.1 Å². The first-order chi connectivity index (χ1) is 17.1. The Labute approximate surface area is 204 Å². The number of aromatic nitrogens is 1. The van der Waals surface area contributed by atoms with E-state index in [0.29, 0.717) is 11.3 Å². The highest BCUT2D eigenvalue weighted by Crippen LogP contribution is 2.29. The van der Waals surface area contributed by atoms with Crippen molar-refractivity contribution in [1.82, 2.24) is 15.6 Å². The molecule has 0 bridgehead atoms. The van der Waals surface area contributed by atoms with Gasteiger partial charge >= 0.3 is 0 Å². The van der Waals surface area contributed by atoms with Crippen LogP contribution in [-0.2, 0) is 16.0 Å². The maximum Gasteiger partial charge on any atom is 0.287 e. The minimum absolute atomic E-state index is 0.0879. The summed E-state index contributed by atoms with van der Waals surface area (Å²) in [4.78, 5) is 45.2. The smallest absolute Gasteiger partial charge is 0.287 e. The van der Waals surface area contributed by atoms with Crippen LogP contribution in [0.3, 0.4) is 0 Å². The highest BCUT2D eigenvalue weighted by Gasteiger charge is 2.34. The molecule has 8 nitrogen and oxygen atoms in total. The molecule has 0 aliphatic heterocycles. The number of carbonyl (C=O) groups excluding carboxylic acids is 3. The molecule has 0 radical (unpaired) electrons. The highest BCUT2D eigenvalue weighted by atomic mass is 16.3. The summed E-state index contributed by atoms with van der Waals surface area (Å²) in [5, 5.41) is 5.74. The summed E-state index contributed by atoms with van der Waals surface area (Å²) in [6.45, 7) is 1.75. The Balaban J connectivity index is 1.66. The minimum Gasteiger partial charge on any atom is -0.459 e. The van der Waals surface area contributed by atoms with Crippen molar-refractivity contribution in [2.75, 3.05) is 11.4 Å². The molecule has 1 aliphatic rings. The number of rotatable bonds is 9. The summed E-state index contributed by atoms with van der Waals surface area (Å²) in [6, 6.07) is 13.3. The summed E-state index contributed by atoms with van der Waals surface area (Å²) in [5.74, 6) is -1.06. The molecular formula is C27H30N4O4. The molecule has 1 atom stereocenters. The van der Waals surface area contributed by atoms with Crippen LogP contribution >= 0.6 is 0 Å². The van der Waals surface area contributed by atoms with E-state index in [2.05, 4.69) is 22.5 Å². The average Bonchev–Trinajstić information content (AvgIpc) is 3.61. The van der Waals surface area contributed by atoms with Crippen molar-refractivity contribution in [3.05, 3.63) is 84.1 Å². The third-order valence-corrected chi connectivity index (χ3v) is 6.27. The summed E-state index contributed by atoms with van der Waals surface area (Å²) in [7, 11) is 0. The topological polar surface area (TPSA) is 105 Å². The lowest BCUT2D eigenvalue weighted by Gasteiger charge is -2.32. The van der Waals surface area contributed by atoms with Crippen molar-refractivity contribution in [2.24, 2.45) is 0 Å². The van der Waals surface area contributed by atoms with Gasteiger partial charge in [-0.15, -0.1) is 0 Å². The SMILES string of the molecule is CCc1ccc(N(C(=O)CNC(=O)c2ccco2)[C@@H](C(=O)NC2CCCC2)c2ccncc2)cc1. The van der Waals surface area contributed by atoms with E-state index in [1.165, 1.54) is 17.2 Å². The first-order valence-corrected chi connectivity index (χ1v) is 12.0. The Hall–Kier alpha value is -3.94. The van der Waals surface area contributed by atoms with Gasteiger partial charge < -0.3 is 15.1 Å². The first kappa shape index (κ1) is 24.2. The third-order valence-electron chi connectivity index (χ3n) is 6.27.